The molecule has 4 heteroatoms. The monoisotopic (exact) mass is 272 g/mol. The number of benzene rings is 1. The zero-order valence-corrected chi connectivity index (χ0v) is 11.5. The van der Waals surface area contributed by atoms with E-state index in [4.69, 9.17) is 5.73 Å². The van der Waals surface area contributed by atoms with Gasteiger partial charge in [-0.3, -0.25) is 0 Å². The van der Waals surface area contributed by atoms with Gasteiger partial charge in [0, 0.05) is 10.4 Å². The molecule has 0 aliphatic rings. The number of rotatable bonds is 2. The maximum atomic E-state index is 5.87. The summed E-state index contributed by atoms with van der Waals surface area (Å²) < 4.78 is 0. The van der Waals surface area contributed by atoms with Crippen molar-refractivity contribution in [1.29, 1.82) is 0 Å². The van der Waals surface area contributed by atoms with Crippen molar-refractivity contribution in [2.75, 3.05) is 5.73 Å². The number of nitrogens with zero attached hydrogens (tertiary/aromatic N) is 1. The molecule has 0 amide bonds. The van der Waals surface area contributed by atoms with Crippen molar-refractivity contribution < 1.29 is 0 Å². The topological polar surface area (TPSA) is 38.9 Å². The highest BCUT2D eigenvalue weighted by Gasteiger charge is 2.14. The van der Waals surface area contributed by atoms with Gasteiger partial charge in [-0.05, 0) is 24.4 Å². The summed E-state index contributed by atoms with van der Waals surface area (Å²) in [5.74, 6) is 0. The molecule has 2 N–H and O–H groups in total. The molecule has 2 heterocycles. The standard InChI is InChI=1S/C14H12N2S2/c1-9-4-2-5-10(8-9)12-13(18-14(15)16-12)11-6-3-7-17-11/h2-8H,1H3,(H2,15,16). The second-order valence-corrected chi connectivity index (χ2v) is 6.05. The van der Waals surface area contributed by atoms with Gasteiger partial charge in [0.1, 0.15) is 0 Å². The second-order valence-electron chi connectivity index (χ2n) is 4.08. The zero-order chi connectivity index (χ0) is 12.5. The highest BCUT2D eigenvalue weighted by Crippen LogP contribution is 2.39. The Balaban J connectivity index is 2.18. The maximum Gasteiger partial charge on any atom is 0.181 e. The highest BCUT2D eigenvalue weighted by molar-refractivity contribution is 7.23. The molecule has 0 unspecified atom stereocenters. The molecule has 0 atom stereocenters. The average molecular weight is 272 g/mol. The Morgan fingerprint density at radius 2 is 2.06 bits per heavy atom. The van der Waals surface area contributed by atoms with Gasteiger partial charge in [-0.2, -0.15) is 0 Å². The number of hydrogen-bond acceptors (Lipinski definition) is 4. The van der Waals surface area contributed by atoms with E-state index in [1.54, 1.807) is 22.7 Å². The van der Waals surface area contributed by atoms with Crippen LogP contribution in [-0.2, 0) is 0 Å². The lowest BCUT2D eigenvalue weighted by atomic mass is 10.1. The Morgan fingerprint density at radius 3 is 2.78 bits per heavy atom. The summed E-state index contributed by atoms with van der Waals surface area (Å²) in [6, 6.07) is 12.5. The number of aryl methyl sites for hydroxylation is 1. The molecule has 0 saturated carbocycles. The Bertz CT molecular complexity index is 669. The lowest BCUT2D eigenvalue weighted by Crippen LogP contribution is -1.84. The summed E-state index contributed by atoms with van der Waals surface area (Å²) in [6.45, 7) is 2.09. The van der Waals surface area contributed by atoms with E-state index in [9.17, 15) is 0 Å². The fourth-order valence-corrected chi connectivity index (χ4v) is 3.61. The van der Waals surface area contributed by atoms with E-state index >= 15 is 0 Å². The molecular formula is C14H12N2S2. The Morgan fingerprint density at radius 1 is 1.17 bits per heavy atom. The molecule has 0 spiro atoms. The van der Waals surface area contributed by atoms with Gasteiger partial charge in [0.2, 0.25) is 0 Å². The van der Waals surface area contributed by atoms with Crippen LogP contribution in [-0.4, -0.2) is 4.98 Å². The van der Waals surface area contributed by atoms with Crippen molar-refractivity contribution in [2.45, 2.75) is 6.92 Å². The normalized spacial score (nSPS) is 10.7. The average Bonchev–Trinajstić information content (AvgIpc) is 2.97. The molecule has 3 aromatic rings. The van der Waals surface area contributed by atoms with Crippen molar-refractivity contribution in [2.24, 2.45) is 0 Å². The maximum absolute atomic E-state index is 5.87. The van der Waals surface area contributed by atoms with Gasteiger partial charge in [0.25, 0.3) is 0 Å². The van der Waals surface area contributed by atoms with Gasteiger partial charge < -0.3 is 5.73 Å². The van der Waals surface area contributed by atoms with Crippen LogP contribution in [0.1, 0.15) is 5.56 Å². The molecule has 2 aromatic heterocycles. The van der Waals surface area contributed by atoms with Crippen LogP contribution in [0.15, 0.2) is 41.8 Å². The molecule has 0 radical (unpaired) electrons. The molecule has 0 aliphatic heterocycles. The molecule has 0 aliphatic carbocycles. The van der Waals surface area contributed by atoms with E-state index in [0.717, 1.165) is 16.1 Å². The molecule has 0 saturated heterocycles. The molecule has 0 fully saturated rings. The third kappa shape index (κ3) is 2.05. The van der Waals surface area contributed by atoms with Crippen molar-refractivity contribution in [1.82, 2.24) is 4.98 Å². The smallest absolute Gasteiger partial charge is 0.181 e. The van der Waals surface area contributed by atoms with E-state index < -0.39 is 0 Å². The van der Waals surface area contributed by atoms with Crippen molar-refractivity contribution in [3.63, 3.8) is 0 Å². The van der Waals surface area contributed by atoms with Crippen LogP contribution in [0, 0.1) is 6.92 Å². The third-order valence-corrected chi connectivity index (χ3v) is 4.61. The number of hydrogen-bond donors (Lipinski definition) is 1. The first-order valence-electron chi connectivity index (χ1n) is 5.61. The molecule has 0 bridgehead atoms. The number of nitrogens with two attached hydrogens (primary N) is 1. The predicted molar refractivity (Wildman–Crippen MR) is 80.0 cm³/mol. The van der Waals surface area contributed by atoms with Crippen molar-refractivity contribution in [3.8, 4) is 21.0 Å². The minimum atomic E-state index is 0.620. The van der Waals surface area contributed by atoms with E-state index in [2.05, 4.69) is 53.7 Å². The summed E-state index contributed by atoms with van der Waals surface area (Å²) in [4.78, 5) is 6.86. The van der Waals surface area contributed by atoms with E-state index in [0.29, 0.717) is 5.13 Å². The van der Waals surface area contributed by atoms with Crippen LogP contribution >= 0.6 is 22.7 Å². The van der Waals surface area contributed by atoms with Crippen LogP contribution in [0.4, 0.5) is 5.13 Å². The van der Waals surface area contributed by atoms with Gasteiger partial charge in [-0.1, -0.05) is 41.2 Å². The van der Waals surface area contributed by atoms with Gasteiger partial charge in [0.15, 0.2) is 5.13 Å². The van der Waals surface area contributed by atoms with Gasteiger partial charge in [-0.15, -0.1) is 11.3 Å². The third-order valence-electron chi connectivity index (χ3n) is 2.68. The van der Waals surface area contributed by atoms with Crippen LogP contribution in [0.5, 0.6) is 0 Å². The minimum absolute atomic E-state index is 0.620. The fourth-order valence-electron chi connectivity index (χ4n) is 1.90. The van der Waals surface area contributed by atoms with E-state index in [-0.39, 0.29) is 0 Å². The Kier molecular flexibility index (Phi) is 2.89. The first kappa shape index (κ1) is 11.4. The van der Waals surface area contributed by atoms with Crippen LogP contribution in [0.2, 0.25) is 0 Å². The largest absolute Gasteiger partial charge is 0.375 e. The first-order chi connectivity index (χ1) is 8.74. The lowest BCUT2D eigenvalue weighted by Gasteiger charge is -2.01. The number of thiophene rings is 1. The molecule has 1 aromatic carbocycles. The van der Waals surface area contributed by atoms with Gasteiger partial charge >= 0.3 is 0 Å². The van der Waals surface area contributed by atoms with E-state index in [1.165, 1.54) is 10.4 Å². The van der Waals surface area contributed by atoms with E-state index in [1.807, 2.05) is 0 Å². The molecule has 2 nitrogen and oxygen atoms in total. The number of anilines is 1. The Hall–Kier alpha value is -1.65. The summed E-state index contributed by atoms with van der Waals surface area (Å²) >= 11 is 3.27. The van der Waals surface area contributed by atoms with Crippen LogP contribution < -0.4 is 5.73 Å². The SMILES string of the molecule is Cc1cccc(-c2nc(N)sc2-c2cccs2)c1. The number of nitrogen functional groups attached to an aromatic ring is 1. The zero-order valence-electron chi connectivity index (χ0n) is 9.88. The first-order valence-corrected chi connectivity index (χ1v) is 7.31. The lowest BCUT2D eigenvalue weighted by molar-refractivity contribution is 1.39. The van der Waals surface area contributed by atoms with Gasteiger partial charge in [-0.25, -0.2) is 4.98 Å². The number of thiazole rings is 1. The highest BCUT2D eigenvalue weighted by atomic mass is 32.1. The van der Waals surface area contributed by atoms with Crippen molar-refractivity contribution in [3.05, 3.63) is 47.3 Å². The van der Waals surface area contributed by atoms with Crippen molar-refractivity contribution >= 4 is 27.8 Å². The molecular weight excluding hydrogens is 260 g/mol. The van der Waals surface area contributed by atoms with Gasteiger partial charge in [0.05, 0.1) is 10.6 Å². The molecule has 18 heavy (non-hydrogen) atoms. The quantitative estimate of drug-likeness (QED) is 0.749. The minimum Gasteiger partial charge on any atom is -0.375 e. The second kappa shape index (κ2) is 4.55. The summed E-state index contributed by atoms with van der Waals surface area (Å²) in [6.07, 6.45) is 0. The van der Waals surface area contributed by atoms with Crippen LogP contribution in [0.25, 0.3) is 21.0 Å². The fraction of sp³-hybridized carbons (Fsp3) is 0.0714. The summed E-state index contributed by atoms with van der Waals surface area (Å²) in [5.41, 5.74) is 9.23. The summed E-state index contributed by atoms with van der Waals surface area (Å²) in [7, 11) is 0. The number of aromatic nitrogens is 1. The van der Waals surface area contributed by atoms with Crippen LogP contribution in [0.3, 0.4) is 0 Å². The molecule has 3 rings (SSSR count). The Labute approximate surface area is 114 Å². The summed E-state index contributed by atoms with van der Waals surface area (Å²) in [5, 5.41) is 2.69. The molecule has 90 valence electrons. The predicted octanol–water partition coefficient (Wildman–Crippen LogP) is 4.43.